The molecule has 65 heavy (non-hydrogen) atoms. The molecule has 374 valence electrons. The lowest BCUT2D eigenvalue weighted by Gasteiger charge is -2.15. The van der Waals surface area contributed by atoms with Gasteiger partial charge in [0, 0.05) is 12.8 Å². The van der Waals surface area contributed by atoms with E-state index in [1.54, 1.807) is 0 Å². The van der Waals surface area contributed by atoms with Gasteiger partial charge in [-0.1, -0.05) is 266 Å². The Hall–Kier alpha value is -2.92. The molecule has 0 aromatic carbocycles. The van der Waals surface area contributed by atoms with E-state index in [0.29, 0.717) is 12.8 Å². The van der Waals surface area contributed by atoms with Crippen LogP contribution < -0.4 is 0 Å². The van der Waals surface area contributed by atoms with Crippen molar-refractivity contribution < 1.29 is 24.2 Å². The monoisotopic (exact) mass is 905 g/mol. The predicted molar refractivity (Wildman–Crippen MR) is 283 cm³/mol. The number of aliphatic hydroxyl groups excluding tert-OH is 1. The molecule has 1 N–H and O–H groups in total. The average Bonchev–Trinajstić information content (AvgIpc) is 3.31. The highest BCUT2D eigenvalue weighted by Crippen LogP contribution is 2.16. The SMILES string of the molecule is CC/C=C\C/C=C\C/C=C\C/C=C\C/C=C\C/C=C\C/C=C\CCCCCCCCCCCC(=O)OC(CO)COC(=O)CCCCCCCCCCCCCCCCCCCCCC. The van der Waals surface area contributed by atoms with Crippen molar-refractivity contribution in [2.75, 3.05) is 13.2 Å². The summed E-state index contributed by atoms with van der Waals surface area (Å²) in [5.74, 6) is -0.591. The molecule has 0 aromatic heterocycles. The summed E-state index contributed by atoms with van der Waals surface area (Å²) in [6.45, 7) is 4.05. The number of carbonyl (C=O) groups excluding carboxylic acids is 2. The van der Waals surface area contributed by atoms with Crippen molar-refractivity contribution >= 4 is 11.9 Å². The molecule has 0 heterocycles. The fourth-order valence-electron chi connectivity index (χ4n) is 7.83. The van der Waals surface area contributed by atoms with E-state index in [9.17, 15) is 14.7 Å². The van der Waals surface area contributed by atoms with Crippen LogP contribution in [-0.4, -0.2) is 36.4 Å². The van der Waals surface area contributed by atoms with Gasteiger partial charge >= 0.3 is 11.9 Å². The summed E-state index contributed by atoms with van der Waals surface area (Å²) in [4.78, 5) is 24.5. The van der Waals surface area contributed by atoms with E-state index in [1.165, 1.54) is 148 Å². The lowest BCUT2D eigenvalue weighted by atomic mass is 10.0. The normalized spacial score (nSPS) is 12.8. The Morgan fingerprint density at radius 1 is 0.369 bits per heavy atom. The fraction of sp³-hybridized carbons (Fsp3) is 0.733. The maximum atomic E-state index is 12.3. The van der Waals surface area contributed by atoms with Gasteiger partial charge in [-0.3, -0.25) is 9.59 Å². The standard InChI is InChI=1S/C60H104O5/c1-3-5-7-9-11-13-15-17-19-21-23-25-26-27-28-29-30-31-32-33-34-35-37-39-41-43-45-47-49-51-53-55-60(63)65-58(56-61)57-64-59(62)54-52-50-48-46-44-42-40-38-36-24-22-20-18-16-14-12-10-8-6-4-2/h5,7,11,13,17,19,23,25,27-28,30-31,33-34,58,61H,3-4,6,8-10,12,14-16,18,20-22,24,26,29,32,35-57H2,1-2H3/b7-5-,13-11-,19-17-,25-23-,28-27-,31-30-,34-33-. The number of unbranched alkanes of at least 4 members (excludes halogenated alkanes) is 28. The van der Waals surface area contributed by atoms with Crippen molar-refractivity contribution in [3.8, 4) is 0 Å². The number of esters is 2. The smallest absolute Gasteiger partial charge is 0.306 e. The molecule has 0 fully saturated rings. The second-order valence-corrected chi connectivity index (χ2v) is 18.3. The van der Waals surface area contributed by atoms with Crippen molar-refractivity contribution in [3.05, 3.63) is 85.1 Å². The second kappa shape index (κ2) is 55.4. The molecule has 0 aliphatic heterocycles. The molecule has 0 aliphatic rings. The van der Waals surface area contributed by atoms with Crippen molar-refractivity contribution in [2.24, 2.45) is 0 Å². The lowest BCUT2D eigenvalue weighted by Crippen LogP contribution is -2.28. The van der Waals surface area contributed by atoms with E-state index in [1.807, 2.05) is 0 Å². The summed E-state index contributed by atoms with van der Waals surface area (Å²) in [6, 6.07) is 0. The minimum Gasteiger partial charge on any atom is -0.462 e. The third-order valence-corrected chi connectivity index (χ3v) is 12.0. The van der Waals surface area contributed by atoms with E-state index >= 15 is 0 Å². The number of hydrogen-bond donors (Lipinski definition) is 1. The lowest BCUT2D eigenvalue weighted by molar-refractivity contribution is -0.161. The zero-order valence-electron chi connectivity index (χ0n) is 42.7. The molecule has 0 saturated carbocycles. The van der Waals surface area contributed by atoms with Crippen LogP contribution in [0.5, 0.6) is 0 Å². The zero-order valence-corrected chi connectivity index (χ0v) is 42.7. The Morgan fingerprint density at radius 3 is 1.00 bits per heavy atom. The number of allylic oxidation sites excluding steroid dienone is 14. The van der Waals surface area contributed by atoms with Crippen LogP contribution in [0.15, 0.2) is 85.1 Å². The van der Waals surface area contributed by atoms with Crippen LogP contribution >= 0.6 is 0 Å². The first-order chi connectivity index (χ1) is 32.1. The van der Waals surface area contributed by atoms with Crippen molar-refractivity contribution in [1.29, 1.82) is 0 Å². The van der Waals surface area contributed by atoms with Crippen molar-refractivity contribution in [1.82, 2.24) is 0 Å². The molecule has 0 aliphatic carbocycles. The molecular weight excluding hydrogens is 801 g/mol. The number of ether oxygens (including phenoxy) is 2. The fourth-order valence-corrected chi connectivity index (χ4v) is 7.83. The molecule has 5 nitrogen and oxygen atoms in total. The van der Waals surface area contributed by atoms with E-state index in [4.69, 9.17) is 9.47 Å². The Labute approximate surface area is 403 Å². The van der Waals surface area contributed by atoms with Crippen LogP contribution in [0, 0.1) is 0 Å². The third-order valence-electron chi connectivity index (χ3n) is 12.0. The Morgan fingerprint density at radius 2 is 0.662 bits per heavy atom. The predicted octanol–water partition coefficient (Wildman–Crippen LogP) is 18.6. The van der Waals surface area contributed by atoms with Gasteiger partial charge in [-0.15, -0.1) is 0 Å². The van der Waals surface area contributed by atoms with Gasteiger partial charge in [-0.25, -0.2) is 0 Å². The molecule has 0 radical (unpaired) electrons. The zero-order chi connectivity index (χ0) is 47.0. The van der Waals surface area contributed by atoms with Crippen LogP contribution in [0.3, 0.4) is 0 Å². The summed E-state index contributed by atoms with van der Waals surface area (Å²) in [7, 11) is 0. The number of hydrogen-bond acceptors (Lipinski definition) is 5. The first-order valence-electron chi connectivity index (χ1n) is 27.6. The maximum Gasteiger partial charge on any atom is 0.306 e. The molecule has 1 unspecified atom stereocenters. The van der Waals surface area contributed by atoms with E-state index in [-0.39, 0.29) is 25.2 Å². The second-order valence-electron chi connectivity index (χ2n) is 18.3. The van der Waals surface area contributed by atoms with Gasteiger partial charge in [0.1, 0.15) is 6.61 Å². The summed E-state index contributed by atoms with van der Waals surface area (Å²) in [5, 5.41) is 9.65. The average molecular weight is 905 g/mol. The van der Waals surface area contributed by atoms with Gasteiger partial charge in [0.05, 0.1) is 6.61 Å². The molecule has 1 atom stereocenters. The topological polar surface area (TPSA) is 72.8 Å². The van der Waals surface area contributed by atoms with Crippen LogP contribution in [0.25, 0.3) is 0 Å². The van der Waals surface area contributed by atoms with E-state index < -0.39 is 6.10 Å². The Kier molecular flexibility index (Phi) is 52.9. The van der Waals surface area contributed by atoms with Gasteiger partial charge in [0.2, 0.25) is 0 Å². The first kappa shape index (κ1) is 62.1. The van der Waals surface area contributed by atoms with Crippen LogP contribution in [-0.2, 0) is 19.1 Å². The van der Waals surface area contributed by atoms with Gasteiger partial charge in [0.15, 0.2) is 6.10 Å². The third kappa shape index (κ3) is 53.6. The highest BCUT2D eigenvalue weighted by atomic mass is 16.6. The van der Waals surface area contributed by atoms with Gasteiger partial charge < -0.3 is 14.6 Å². The van der Waals surface area contributed by atoms with Gasteiger partial charge in [0.25, 0.3) is 0 Å². The number of rotatable bonds is 50. The molecule has 0 amide bonds. The van der Waals surface area contributed by atoms with Crippen LogP contribution in [0.2, 0.25) is 0 Å². The van der Waals surface area contributed by atoms with Crippen LogP contribution in [0.4, 0.5) is 0 Å². The minimum absolute atomic E-state index is 0.0686. The summed E-state index contributed by atoms with van der Waals surface area (Å²) < 4.78 is 10.7. The molecule has 0 spiro atoms. The quantitative estimate of drug-likeness (QED) is 0.0374. The van der Waals surface area contributed by atoms with E-state index in [0.717, 1.165) is 89.9 Å². The molecule has 5 heteroatoms. The Balaban J connectivity index is 3.54. The molecule has 0 saturated heterocycles. The highest BCUT2D eigenvalue weighted by Gasteiger charge is 2.16. The number of aliphatic hydroxyl groups is 1. The summed E-state index contributed by atoms with van der Waals surface area (Å²) in [6.07, 6.45) is 76.9. The highest BCUT2D eigenvalue weighted by molar-refractivity contribution is 5.70. The van der Waals surface area contributed by atoms with E-state index in [2.05, 4.69) is 98.9 Å². The van der Waals surface area contributed by atoms with Gasteiger partial charge in [-0.05, 0) is 70.6 Å². The molecule has 0 aromatic rings. The Bertz CT molecular complexity index is 1210. The maximum absolute atomic E-state index is 12.3. The molecular formula is C60H104O5. The van der Waals surface area contributed by atoms with Gasteiger partial charge in [-0.2, -0.15) is 0 Å². The largest absolute Gasteiger partial charge is 0.462 e. The molecule has 0 rings (SSSR count). The van der Waals surface area contributed by atoms with Crippen molar-refractivity contribution in [2.45, 2.75) is 270 Å². The summed E-state index contributed by atoms with van der Waals surface area (Å²) in [5.41, 5.74) is 0. The molecule has 0 bridgehead atoms. The first-order valence-corrected chi connectivity index (χ1v) is 27.6. The van der Waals surface area contributed by atoms with Crippen molar-refractivity contribution in [3.63, 3.8) is 0 Å². The van der Waals surface area contributed by atoms with Crippen LogP contribution in [0.1, 0.15) is 264 Å². The summed E-state index contributed by atoms with van der Waals surface area (Å²) >= 11 is 0. The minimum atomic E-state index is -0.778. The number of carbonyl (C=O) groups is 2.